The lowest BCUT2D eigenvalue weighted by molar-refractivity contribution is -0.225. The summed E-state index contributed by atoms with van der Waals surface area (Å²) in [5, 5.41) is 30.0. The summed E-state index contributed by atoms with van der Waals surface area (Å²) in [6.45, 7) is 14.4. The first kappa shape index (κ1) is 76.5. The Labute approximate surface area is 615 Å². The van der Waals surface area contributed by atoms with Crippen LogP contribution in [0.5, 0.6) is 0 Å². The van der Waals surface area contributed by atoms with Crippen LogP contribution in [0.4, 0.5) is 26.2 Å². The van der Waals surface area contributed by atoms with Gasteiger partial charge in [-0.05, 0) is 165 Å². The third-order valence-electron chi connectivity index (χ3n) is 21.2. The van der Waals surface area contributed by atoms with E-state index in [1.165, 1.54) is 28.4 Å². The Morgan fingerprint density at radius 1 is 0.819 bits per heavy atom. The maximum Gasteiger partial charge on any atom is 0.409 e. The maximum atomic E-state index is 13.8. The van der Waals surface area contributed by atoms with Crippen molar-refractivity contribution in [3.8, 4) is 11.1 Å². The van der Waals surface area contributed by atoms with Crippen LogP contribution in [0.2, 0.25) is 0 Å². The quantitative estimate of drug-likeness (QED) is 0.0144. The number of aromatic nitrogens is 4. The lowest BCUT2D eigenvalue weighted by Crippen LogP contribution is -2.61. The number of anilines is 3. The van der Waals surface area contributed by atoms with Gasteiger partial charge in [0.1, 0.15) is 24.5 Å². The lowest BCUT2D eigenvalue weighted by Gasteiger charge is -2.66. The number of likely N-dealkylation sites (N-methyl/N-ethyl adjacent to an activating group) is 1. The molecule has 28 heteroatoms. The number of carboxylic acid groups (broad SMARTS) is 1. The molecular weight excluding hydrogens is 1360 g/mol. The fourth-order valence-electron chi connectivity index (χ4n) is 16.4. The van der Waals surface area contributed by atoms with Crippen LogP contribution in [-0.4, -0.2) is 172 Å². The molecule has 5 unspecified atom stereocenters. The number of nitrogens with zero attached hydrogens (tertiary/aromatic N) is 7. The van der Waals surface area contributed by atoms with E-state index in [-0.39, 0.29) is 103 Å². The van der Waals surface area contributed by atoms with Gasteiger partial charge in [0, 0.05) is 93.0 Å². The van der Waals surface area contributed by atoms with Crippen molar-refractivity contribution in [3.05, 3.63) is 131 Å². The molecule has 5 aliphatic rings. The van der Waals surface area contributed by atoms with Crippen molar-refractivity contribution in [3.63, 3.8) is 0 Å². The number of hydrogen-bond donors (Lipinski definition) is 7. The second-order valence-electron chi connectivity index (χ2n) is 29.5. The normalized spacial score (nSPS) is 20.7. The van der Waals surface area contributed by atoms with Gasteiger partial charge in [-0.2, -0.15) is 5.10 Å². The molecule has 3 fully saturated rings. The number of para-hydroxylation sites is 1. The topological polar surface area (TPSA) is 350 Å². The lowest BCUT2D eigenvalue weighted by atomic mass is 9.42. The molecule has 0 radical (unpaired) electrons. The van der Waals surface area contributed by atoms with Gasteiger partial charge in [-0.15, -0.1) is 0 Å². The van der Waals surface area contributed by atoms with E-state index in [1.54, 1.807) is 51.4 Å². The standard InChI is InChI=1S/C77H97N13O14S/c1-48(2)66(85-63(91)19-8-7-11-32-89-64(92)26-27-65(89)93)70(96)82-60(17-13-31-79-72(78)99)69(95)81-53-22-20-50(21-23-53)44-103-74(100)87(6)34-35-101-36-37-102-38-39-104-77-40-52(58-28-30-75(4,46-77)45-76(58,5)47-77)42-90-49(3)56(41-80-90)54-24-25-62(84-67(54)71(97)98)88-33-29-51-14-12-15-55(57(51)43-88)68(94)86-73-83-59-16-9-10-18-61(59)105-73/h9-10,12,14-16,18,20-27,41,48,52,58,60,66H,7-8,11,13,17,19,28-40,42-47H2,1-6H3,(H,81,95)(H,82,96)(H,85,91)(H,97,98)(H3,78,79,99)(H,83,86,94)/t52?,58?,60-,66-,75?,76?,77?/m0/s1. The van der Waals surface area contributed by atoms with Crippen LogP contribution in [0.3, 0.4) is 0 Å². The number of thiazole rings is 1. The van der Waals surface area contributed by atoms with Crippen LogP contribution in [0.15, 0.2) is 97.2 Å². The number of hydrogen-bond acceptors (Lipinski definition) is 18. The number of fused-ring (bicyclic) bond motifs is 4. The van der Waals surface area contributed by atoms with Crippen molar-refractivity contribution in [1.29, 1.82) is 0 Å². The number of amides is 9. The number of benzene rings is 3. The Bertz CT molecular complexity index is 4160. The molecule has 6 aromatic rings. The van der Waals surface area contributed by atoms with Crippen LogP contribution < -0.4 is 37.2 Å². The molecule has 105 heavy (non-hydrogen) atoms. The largest absolute Gasteiger partial charge is 0.476 e. The number of ether oxygens (including phenoxy) is 4. The van der Waals surface area contributed by atoms with Gasteiger partial charge in [0.25, 0.3) is 17.7 Å². The van der Waals surface area contributed by atoms with E-state index in [9.17, 15) is 48.3 Å². The monoisotopic (exact) mass is 1460 g/mol. The fourth-order valence-corrected chi connectivity index (χ4v) is 17.3. The summed E-state index contributed by atoms with van der Waals surface area (Å²) >= 11 is 1.42. The van der Waals surface area contributed by atoms with Crippen LogP contribution in [-0.2, 0) is 69.0 Å². The number of rotatable bonds is 35. The molecule has 3 aromatic carbocycles. The predicted molar refractivity (Wildman–Crippen MR) is 395 cm³/mol. The summed E-state index contributed by atoms with van der Waals surface area (Å²) in [6, 6.07) is 21.1. The molecule has 0 saturated heterocycles. The minimum Gasteiger partial charge on any atom is -0.476 e. The number of aromatic carboxylic acids is 1. The third kappa shape index (κ3) is 19.1. The van der Waals surface area contributed by atoms with Gasteiger partial charge in [0.15, 0.2) is 10.8 Å². The van der Waals surface area contributed by atoms with Gasteiger partial charge in [-0.1, -0.05) is 81.9 Å². The van der Waals surface area contributed by atoms with E-state index >= 15 is 0 Å². The number of pyridine rings is 1. The molecule has 3 aliphatic carbocycles. The molecule has 11 rings (SSSR count). The number of imide groups is 1. The SMILES string of the molecule is Cc1c(-c2ccc(N3CCc4cccc(C(=O)Nc5nc6ccccc6s5)c4C3)nc2C(=O)O)cnn1CC1CC2(OCCOCCOCCN(C)C(=O)OCc3ccc(NC(=O)[C@H](CCCNC(N)=O)NC(=O)[C@@H](NC(=O)CCCCCN4C(=O)C=CC4=O)C(C)C)cc3)CC3(C)CCC1C(C)(C3)C2. The first-order valence-electron chi connectivity index (χ1n) is 36.4. The number of unbranched alkanes of at least 4 members (excludes halogenated alkanes) is 2. The van der Waals surface area contributed by atoms with Crippen molar-refractivity contribution in [2.24, 2.45) is 34.3 Å². The smallest absolute Gasteiger partial charge is 0.409 e. The summed E-state index contributed by atoms with van der Waals surface area (Å²) in [6.07, 6.45) is 12.6. The molecule has 7 atom stereocenters. The van der Waals surface area contributed by atoms with E-state index in [0.717, 1.165) is 76.0 Å². The zero-order chi connectivity index (χ0) is 74.6. The highest BCUT2D eigenvalue weighted by atomic mass is 32.1. The summed E-state index contributed by atoms with van der Waals surface area (Å²) in [5.41, 5.74) is 11.5. The second kappa shape index (κ2) is 34.1. The Morgan fingerprint density at radius 3 is 2.33 bits per heavy atom. The molecule has 27 nitrogen and oxygen atoms in total. The second-order valence-corrected chi connectivity index (χ2v) is 30.6. The Kier molecular flexibility index (Phi) is 24.8. The molecule has 560 valence electrons. The minimum atomic E-state index is -1.14. The molecule has 5 heterocycles. The Hall–Kier alpha value is -9.64. The highest BCUT2D eigenvalue weighted by molar-refractivity contribution is 7.22. The Morgan fingerprint density at radius 2 is 1.58 bits per heavy atom. The van der Waals surface area contributed by atoms with E-state index in [1.807, 2.05) is 71.1 Å². The molecule has 3 aromatic heterocycles. The van der Waals surface area contributed by atoms with Gasteiger partial charge < -0.3 is 60.9 Å². The number of carbonyl (C=O) groups is 9. The highest BCUT2D eigenvalue weighted by Crippen LogP contribution is 2.68. The van der Waals surface area contributed by atoms with Crippen LogP contribution >= 0.6 is 11.3 Å². The van der Waals surface area contributed by atoms with E-state index < -0.39 is 42.0 Å². The van der Waals surface area contributed by atoms with Crippen molar-refractivity contribution in [2.75, 3.05) is 81.8 Å². The van der Waals surface area contributed by atoms with Gasteiger partial charge >= 0.3 is 18.1 Å². The number of carboxylic acids is 1. The minimum absolute atomic E-state index is 0.0458. The molecule has 3 saturated carbocycles. The average molecular weight is 1460 g/mol. The number of primary amides is 1. The predicted octanol–water partition coefficient (Wildman–Crippen LogP) is 9.56. The average Bonchev–Trinajstić information content (AvgIpc) is 0.789. The fraction of sp³-hybridized carbons (Fsp3) is 0.506. The van der Waals surface area contributed by atoms with Gasteiger partial charge in [-0.3, -0.25) is 43.7 Å². The first-order valence-corrected chi connectivity index (χ1v) is 37.2. The third-order valence-corrected chi connectivity index (χ3v) is 22.2. The summed E-state index contributed by atoms with van der Waals surface area (Å²) in [4.78, 5) is 129. The number of carbonyl (C=O) groups excluding carboxylic acids is 8. The van der Waals surface area contributed by atoms with E-state index in [0.29, 0.717) is 117 Å². The zero-order valence-corrected chi connectivity index (χ0v) is 61.5. The number of nitrogens with one attached hydrogen (secondary N) is 5. The molecule has 3 bridgehead atoms. The molecular formula is C77H97N13O14S. The number of nitrogens with two attached hydrogens (primary N) is 1. The molecule has 2 aliphatic heterocycles. The zero-order valence-electron chi connectivity index (χ0n) is 60.7. The molecule has 0 spiro atoms. The maximum absolute atomic E-state index is 13.8. The van der Waals surface area contributed by atoms with E-state index in [2.05, 4.69) is 45.4 Å². The van der Waals surface area contributed by atoms with Gasteiger partial charge in [-0.25, -0.2) is 24.4 Å². The van der Waals surface area contributed by atoms with E-state index in [4.69, 9.17) is 34.8 Å². The molecule has 9 amide bonds. The van der Waals surface area contributed by atoms with Crippen molar-refractivity contribution in [2.45, 2.75) is 155 Å². The summed E-state index contributed by atoms with van der Waals surface area (Å²) in [7, 11) is 1.62. The van der Waals surface area contributed by atoms with Crippen LogP contribution in [0.25, 0.3) is 21.3 Å². The number of urea groups is 1. The first-order chi connectivity index (χ1) is 50.4. The van der Waals surface area contributed by atoms with Crippen molar-refractivity contribution < 1.29 is 67.2 Å². The Balaban J connectivity index is 0.601. The molecule has 8 N–H and O–H groups in total. The van der Waals surface area contributed by atoms with Gasteiger partial charge in [0.2, 0.25) is 17.7 Å². The van der Waals surface area contributed by atoms with Crippen molar-refractivity contribution in [1.82, 2.24) is 45.5 Å². The van der Waals surface area contributed by atoms with Crippen molar-refractivity contribution >= 4 is 91.7 Å². The van der Waals surface area contributed by atoms with Crippen LogP contribution in [0, 0.1) is 35.5 Å². The van der Waals surface area contributed by atoms with Gasteiger partial charge in [0.05, 0.1) is 55.0 Å². The summed E-state index contributed by atoms with van der Waals surface area (Å²) < 4.78 is 27.5. The summed E-state index contributed by atoms with van der Waals surface area (Å²) in [5.74, 6) is -2.65. The van der Waals surface area contributed by atoms with Crippen LogP contribution in [0.1, 0.15) is 148 Å². The highest BCUT2D eigenvalue weighted by Gasteiger charge is 2.62.